The molecule has 1 saturated heterocycles. The van der Waals surface area contributed by atoms with Crippen LogP contribution in [0.15, 0.2) is 23.2 Å². The molecule has 7 nitrogen and oxygen atoms in total. The maximum atomic E-state index is 12.3. The van der Waals surface area contributed by atoms with Crippen LogP contribution in [0.25, 0.3) is 0 Å². The number of nitrogens with zero attached hydrogens (tertiary/aromatic N) is 2. The van der Waals surface area contributed by atoms with Gasteiger partial charge in [0.25, 0.3) is 0 Å². The maximum Gasteiger partial charge on any atom is 0.226 e. The van der Waals surface area contributed by atoms with E-state index in [1.165, 1.54) is 0 Å². The third kappa shape index (κ3) is 7.24. The Morgan fingerprint density at radius 2 is 1.97 bits per heavy atom. The largest absolute Gasteiger partial charge is 0.359 e. The van der Waals surface area contributed by atoms with E-state index in [4.69, 9.17) is 11.6 Å². The zero-order valence-electron chi connectivity index (χ0n) is 17.6. The number of piperidine rings is 1. The first kappa shape index (κ1) is 23.0. The second kappa shape index (κ2) is 11.7. The van der Waals surface area contributed by atoms with Gasteiger partial charge < -0.3 is 20.9 Å². The quantitative estimate of drug-likeness (QED) is 0.466. The minimum Gasteiger partial charge on any atom is -0.359 e. The molecule has 0 bridgehead atoms. The number of rotatable bonds is 7. The Labute approximate surface area is 178 Å². The van der Waals surface area contributed by atoms with Crippen molar-refractivity contribution in [1.29, 1.82) is 0 Å². The van der Waals surface area contributed by atoms with Crippen LogP contribution in [-0.4, -0.2) is 55.9 Å². The van der Waals surface area contributed by atoms with Gasteiger partial charge in [0.15, 0.2) is 5.96 Å². The lowest BCUT2D eigenvalue weighted by Gasteiger charge is -2.34. The van der Waals surface area contributed by atoms with Crippen molar-refractivity contribution < 1.29 is 9.59 Å². The lowest BCUT2D eigenvalue weighted by Crippen LogP contribution is -2.46. The number of amides is 2. The summed E-state index contributed by atoms with van der Waals surface area (Å²) in [5.41, 5.74) is 1.59. The Morgan fingerprint density at radius 1 is 1.24 bits per heavy atom. The number of carbonyl (C=O) groups excluding carboxylic acids is 2. The van der Waals surface area contributed by atoms with Crippen LogP contribution >= 0.6 is 11.6 Å². The summed E-state index contributed by atoms with van der Waals surface area (Å²) in [4.78, 5) is 30.7. The average molecular weight is 422 g/mol. The zero-order valence-corrected chi connectivity index (χ0v) is 18.3. The molecule has 0 unspecified atom stereocenters. The zero-order chi connectivity index (χ0) is 21.2. The van der Waals surface area contributed by atoms with E-state index >= 15 is 0 Å². The van der Waals surface area contributed by atoms with Crippen molar-refractivity contribution in [3.8, 4) is 0 Å². The second-order valence-electron chi connectivity index (χ2n) is 7.25. The smallest absolute Gasteiger partial charge is 0.226 e. The molecule has 1 heterocycles. The predicted octanol–water partition coefficient (Wildman–Crippen LogP) is 2.79. The molecule has 0 radical (unpaired) electrons. The van der Waals surface area contributed by atoms with E-state index in [1.54, 1.807) is 13.1 Å². The maximum absolute atomic E-state index is 12.3. The van der Waals surface area contributed by atoms with Gasteiger partial charge in [-0.15, -0.1) is 0 Å². The fraction of sp³-hybridized carbons (Fsp3) is 0.571. The van der Waals surface area contributed by atoms with Gasteiger partial charge in [0.2, 0.25) is 11.8 Å². The Balaban J connectivity index is 1.85. The number of anilines is 1. The highest BCUT2D eigenvalue weighted by atomic mass is 35.5. The molecule has 1 fully saturated rings. The van der Waals surface area contributed by atoms with Crippen molar-refractivity contribution in [3.63, 3.8) is 0 Å². The summed E-state index contributed by atoms with van der Waals surface area (Å²) < 4.78 is 0. The number of halogens is 1. The molecule has 29 heavy (non-hydrogen) atoms. The Kier molecular flexibility index (Phi) is 9.25. The Bertz CT molecular complexity index is 730. The second-order valence-corrected chi connectivity index (χ2v) is 7.66. The van der Waals surface area contributed by atoms with E-state index in [1.807, 2.05) is 26.0 Å². The molecule has 0 aliphatic carbocycles. The van der Waals surface area contributed by atoms with Crippen LogP contribution in [0.4, 0.5) is 5.69 Å². The predicted molar refractivity (Wildman–Crippen MR) is 118 cm³/mol. The fourth-order valence-electron chi connectivity index (χ4n) is 3.36. The molecule has 8 heteroatoms. The highest BCUT2D eigenvalue weighted by Crippen LogP contribution is 2.23. The molecule has 0 saturated carbocycles. The fourth-order valence-corrected chi connectivity index (χ4v) is 3.53. The third-order valence-corrected chi connectivity index (χ3v) is 5.55. The average Bonchev–Trinajstić information content (AvgIpc) is 2.71. The van der Waals surface area contributed by atoms with Crippen LogP contribution in [0, 0.1) is 12.8 Å². The van der Waals surface area contributed by atoms with Gasteiger partial charge in [-0.3, -0.25) is 14.6 Å². The van der Waals surface area contributed by atoms with Gasteiger partial charge in [-0.2, -0.15) is 0 Å². The van der Waals surface area contributed by atoms with Crippen molar-refractivity contribution in [2.75, 3.05) is 38.5 Å². The van der Waals surface area contributed by atoms with Gasteiger partial charge in [-0.05, 0) is 50.3 Å². The molecular formula is C21H32ClN5O2. The van der Waals surface area contributed by atoms with Gasteiger partial charge in [-0.25, -0.2) is 0 Å². The van der Waals surface area contributed by atoms with Crippen LogP contribution in [-0.2, 0) is 9.59 Å². The number of carbonyl (C=O) groups is 2. The lowest BCUT2D eigenvalue weighted by atomic mass is 9.93. The van der Waals surface area contributed by atoms with Gasteiger partial charge in [0, 0.05) is 50.2 Å². The molecular weight excluding hydrogens is 390 g/mol. The minimum atomic E-state index is -0.0840. The van der Waals surface area contributed by atoms with Crippen LogP contribution < -0.4 is 16.0 Å². The SMILES string of the molecule is CCNC(=NCCC(=O)Nc1cccc(Cl)c1C)N1CCC(CC(=O)NC)CC1. The molecule has 1 aromatic rings. The normalized spacial score (nSPS) is 15.2. The first-order chi connectivity index (χ1) is 13.9. The Morgan fingerprint density at radius 3 is 2.62 bits per heavy atom. The standard InChI is InChI=1S/C21H32ClN5O2/c1-4-24-21(27-12-9-16(10-13-27)14-20(29)23-3)25-11-8-19(28)26-18-7-5-6-17(22)15(18)2/h5-7,16H,4,8-14H2,1-3H3,(H,23,29)(H,24,25)(H,26,28). The van der Waals surface area contributed by atoms with Crippen molar-refractivity contribution in [2.45, 2.75) is 39.5 Å². The molecule has 2 amide bonds. The summed E-state index contributed by atoms with van der Waals surface area (Å²) >= 11 is 6.10. The number of hydrogen-bond acceptors (Lipinski definition) is 3. The number of aliphatic imine (C=N–C) groups is 1. The number of benzene rings is 1. The van der Waals surface area contributed by atoms with Crippen LogP contribution in [0.1, 0.15) is 38.2 Å². The van der Waals surface area contributed by atoms with Gasteiger partial charge in [-0.1, -0.05) is 17.7 Å². The van der Waals surface area contributed by atoms with Gasteiger partial charge >= 0.3 is 0 Å². The molecule has 0 aromatic heterocycles. The number of hydrogen-bond donors (Lipinski definition) is 3. The number of likely N-dealkylation sites (tertiary alicyclic amines) is 1. The molecule has 1 aromatic carbocycles. The first-order valence-corrected chi connectivity index (χ1v) is 10.6. The van der Waals surface area contributed by atoms with E-state index in [9.17, 15) is 9.59 Å². The highest BCUT2D eigenvalue weighted by molar-refractivity contribution is 6.31. The topological polar surface area (TPSA) is 85.8 Å². The summed E-state index contributed by atoms with van der Waals surface area (Å²) in [7, 11) is 1.68. The van der Waals surface area contributed by atoms with Gasteiger partial charge in [0.05, 0.1) is 6.54 Å². The molecule has 2 rings (SSSR count). The monoisotopic (exact) mass is 421 g/mol. The molecule has 160 valence electrons. The summed E-state index contributed by atoms with van der Waals surface area (Å²) in [6, 6.07) is 5.47. The minimum absolute atomic E-state index is 0.0840. The number of guanidine groups is 1. The van der Waals surface area contributed by atoms with Crippen molar-refractivity contribution in [1.82, 2.24) is 15.5 Å². The molecule has 1 aliphatic heterocycles. The summed E-state index contributed by atoms with van der Waals surface area (Å²) in [6.45, 7) is 6.81. The van der Waals surface area contributed by atoms with E-state index in [0.717, 1.165) is 49.7 Å². The van der Waals surface area contributed by atoms with Crippen LogP contribution in [0.5, 0.6) is 0 Å². The van der Waals surface area contributed by atoms with Crippen molar-refractivity contribution in [3.05, 3.63) is 28.8 Å². The first-order valence-electron chi connectivity index (χ1n) is 10.2. The number of nitrogens with one attached hydrogen (secondary N) is 3. The third-order valence-electron chi connectivity index (χ3n) is 5.14. The summed E-state index contributed by atoms with van der Waals surface area (Å²) in [5.74, 6) is 1.27. The lowest BCUT2D eigenvalue weighted by molar-refractivity contribution is -0.121. The van der Waals surface area contributed by atoms with E-state index in [2.05, 4.69) is 25.8 Å². The van der Waals surface area contributed by atoms with E-state index < -0.39 is 0 Å². The highest BCUT2D eigenvalue weighted by Gasteiger charge is 2.23. The van der Waals surface area contributed by atoms with E-state index in [-0.39, 0.29) is 11.8 Å². The van der Waals surface area contributed by atoms with Crippen LogP contribution in [0.2, 0.25) is 5.02 Å². The summed E-state index contributed by atoms with van der Waals surface area (Å²) in [5, 5.41) is 9.54. The van der Waals surface area contributed by atoms with Crippen molar-refractivity contribution >= 4 is 35.1 Å². The van der Waals surface area contributed by atoms with Gasteiger partial charge in [0.1, 0.15) is 0 Å². The molecule has 0 spiro atoms. The van der Waals surface area contributed by atoms with E-state index in [0.29, 0.717) is 30.3 Å². The Hall–Kier alpha value is -2.28. The summed E-state index contributed by atoms with van der Waals surface area (Å²) in [6.07, 6.45) is 2.81. The van der Waals surface area contributed by atoms with Crippen LogP contribution in [0.3, 0.4) is 0 Å². The molecule has 1 aliphatic rings. The molecule has 3 N–H and O–H groups in total. The molecule has 0 atom stereocenters. The van der Waals surface area contributed by atoms with Crippen molar-refractivity contribution in [2.24, 2.45) is 10.9 Å².